The lowest BCUT2D eigenvalue weighted by atomic mass is 10.2. The lowest BCUT2D eigenvalue weighted by Gasteiger charge is -2.10. The predicted octanol–water partition coefficient (Wildman–Crippen LogP) is 3.79. The van der Waals surface area contributed by atoms with Gasteiger partial charge in [0, 0.05) is 22.3 Å². The number of nitrogens with one attached hydrogen (secondary N) is 1. The smallest absolute Gasteiger partial charge is 0.416 e. The molecular weight excluding hydrogens is 423 g/mol. The molecule has 0 aliphatic heterocycles. The van der Waals surface area contributed by atoms with E-state index in [0.717, 1.165) is 23.9 Å². The Bertz CT molecular complexity index is 867. The maximum atomic E-state index is 12.7. The van der Waals surface area contributed by atoms with Crippen molar-refractivity contribution in [2.75, 3.05) is 33.1 Å². The fourth-order valence-electron chi connectivity index (χ4n) is 2.32. The molecule has 0 spiro atoms. The average molecular weight is 443 g/mol. The van der Waals surface area contributed by atoms with Gasteiger partial charge in [-0.1, -0.05) is 6.07 Å². The van der Waals surface area contributed by atoms with Crippen LogP contribution in [0.3, 0.4) is 0 Å². The zero-order valence-corrected chi connectivity index (χ0v) is 17.1. The van der Waals surface area contributed by atoms with Gasteiger partial charge in [-0.15, -0.1) is 11.8 Å². The number of hydrogen-bond acceptors (Lipinski definition) is 6. The molecule has 0 saturated heterocycles. The van der Waals surface area contributed by atoms with Crippen molar-refractivity contribution in [3.8, 4) is 11.5 Å². The van der Waals surface area contributed by atoms with Crippen LogP contribution in [0.5, 0.6) is 11.5 Å². The molecule has 10 heteroatoms. The molecule has 0 aliphatic carbocycles. The van der Waals surface area contributed by atoms with Gasteiger partial charge >= 0.3 is 12.1 Å². The summed E-state index contributed by atoms with van der Waals surface area (Å²) < 4.78 is 53.2. The molecule has 2 rings (SSSR count). The van der Waals surface area contributed by atoms with Crippen LogP contribution in [0.1, 0.15) is 15.9 Å². The molecule has 0 atom stereocenters. The van der Waals surface area contributed by atoms with Crippen molar-refractivity contribution >= 4 is 23.6 Å². The number of alkyl halides is 3. The third-order valence-corrected chi connectivity index (χ3v) is 4.74. The van der Waals surface area contributed by atoms with Crippen LogP contribution >= 0.6 is 11.8 Å². The van der Waals surface area contributed by atoms with Gasteiger partial charge in [0.05, 0.1) is 19.8 Å². The second-order valence-electron chi connectivity index (χ2n) is 5.88. The van der Waals surface area contributed by atoms with E-state index >= 15 is 0 Å². The highest BCUT2D eigenvalue weighted by Crippen LogP contribution is 2.31. The molecular formula is C20H20F3NO5S. The van der Waals surface area contributed by atoms with Crippen LogP contribution in [0, 0.1) is 0 Å². The van der Waals surface area contributed by atoms with Crippen molar-refractivity contribution in [2.45, 2.75) is 11.1 Å². The quantitative estimate of drug-likeness (QED) is 0.361. The summed E-state index contributed by atoms with van der Waals surface area (Å²) in [5.41, 5.74) is -0.486. The summed E-state index contributed by atoms with van der Waals surface area (Å²) in [5.74, 6) is -0.0543. The number of halogens is 3. The summed E-state index contributed by atoms with van der Waals surface area (Å²) in [5, 5.41) is 2.43. The number of amides is 1. The summed E-state index contributed by atoms with van der Waals surface area (Å²) >= 11 is 1.13. The summed E-state index contributed by atoms with van der Waals surface area (Å²) in [6.07, 6.45) is -4.41. The zero-order chi connectivity index (χ0) is 22.1. The van der Waals surface area contributed by atoms with Gasteiger partial charge in [0.2, 0.25) is 0 Å². The van der Waals surface area contributed by atoms with E-state index in [1.807, 2.05) is 0 Å². The molecule has 2 aromatic carbocycles. The minimum absolute atomic E-state index is 0.0113. The molecule has 0 unspecified atom stereocenters. The Morgan fingerprint density at radius 3 is 2.30 bits per heavy atom. The van der Waals surface area contributed by atoms with Crippen molar-refractivity contribution in [1.29, 1.82) is 0 Å². The number of carbonyl (C=O) groups is 2. The highest BCUT2D eigenvalue weighted by molar-refractivity contribution is 7.99. The summed E-state index contributed by atoms with van der Waals surface area (Å²) in [7, 11) is 2.90. The van der Waals surface area contributed by atoms with Crippen LogP contribution in [-0.2, 0) is 15.7 Å². The molecule has 0 radical (unpaired) electrons. The summed E-state index contributed by atoms with van der Waals surface area (Å²) in [4.78, 5) is 24.4. The first-order valence-electron chi connectivity index (χ1n) is 8.70. The minimum Gasteiger partial charge on any atom is -0.497 e. The third kappa shape index (κ3) is 7.18. The fourth-order valence-corrected chi connectivity index (χ4v) is 3.11. The largest absolute Gasteiger partial charge is 0.497 e. The van der Waals surface area contributed by atoms with E-state index in [1.165, 1.54) is 32.4 Å². The zero-order valence-electron chi connectivity index (χ0n) is 16.2. The molecule has 1 N–H and O–H groups in total. The van der Waals surface area contributed by atoms with E-state index in [1.54, 1.807) is 12.1 Å². The monoisotopic (exact) mass is 443 g/mol. The standard InChI is InChI=1S/C20H20F3NO5S/c1-27-15-8-13(9-16(11-15)28-2)19(26)24-12-18(25)29-6-7-30-17-5-3-4-14(10-17)20(21,22)23/h3-5,8-11H,6-7,12H2,1-2H3,(H,24,26). The molecule has 0 saturated carbocycles. The van der Waals surface area contributed by atoms with Crippen LogP contribution in [0.25, 0.3) is 0 Å². The molecule has 0 aromatic heterocycles. The topological polar surface area (TPSA) is 73.9 Å². The van der Waals surface area contributed by atoms with E-state index in [-0.39, 0.29) is 24.5 Å². The number of rotatable bonds is 9. The van der Waals surface area contributed by atoms with Crippen LogP contribution in [-0.4, -0.2) is 45.0 Å². The maximum absolute atomic E-state index is 12.7. The molecule has 0 bridgehead atoms. The van der Waals surface area contributed by atoms with Crippen LogP contribution in [0.4, 0.5) is 13.2 Å². The Hall–Kier alpha value is -2.88. The van der Waals surface area contributed by atoms with Crippen molar-refractivity contribution in [1.82, 2.24) is 5.32 Å². The van der Waals surface area contributed by atoms with Gasteiger partial charge in [-0.2, -0.15) is 13.2 Å². The number of thioether (sulfide) groups is 1. The van der Waals surface area contributed by atoms with E-state index in [9.17, 15) is 22.8 Å². The number of hydrogen-bond donors (Lipinski definition) is 1. The third-order valence-electron chi connectivity index (χ3n) is 3.78. The Morgan fingerprint density at radius 1 is 1.03 bits per heavy atom. The Morgan fingerprint density at radius 2 is 1.70 bits per heavy atom. The number of benzene rings is 2. The van der Waals surface area contributed by atoms with Crippen LogP contribution in [0.15, 0.2) is 47.4 Å². The fraction of sp³-hybridized carbons (Fsp3) is 0.300. The minimum atomic E-state index is -4.41. The number of carbonyl (C=O) groups excluding carboxylic acids is 2. The van der Waals surface area contributed by atoms with Gasteiger partial charge in [0.15, 0.2) is 0 Å². The first-order chi connectivity index (χ1) is 14.2. The van der Waals surface area contributed by atoms with Crippen LogP contribution in [0.2, 0.25) is 0 Å². The Kier molecular flexibility index (Phi) is 8.40. The first-order valence-corrected chi connectivity index (χ1v) is 9.68. The van der Waals surface area contributed by atoms with E-state index < -0.39 is 23.6 Å². The number of methoxy groups -OCH3 is 2. The molecule has 2 aromatic rings. The molecule has 30 heavy (non-hydrogen) atoms. The molecule has 0 fully saturated rings. The molecule has 1 amide bonds. The van der Waals surface area contributed by atoms with E-state index in [4.69, 9.17) is 14.2 Å². The maximum Gasteiger partial charge on any atom is 0.416 e. The second kappa shape index (κ2) is 10.8. The van der Waals surface area contributed by atoms with Gasteiger partial charge in [0.25, 0.3) is 5.91 Å². The van der Waals surface area contributed by atoms with Crippen LogP contribution < -0.4 is 14.8 Å². The van der Waals surface area contributed by atoms with Crippen molar-refractivity contribution in [2.24, 2.45) is 0 Å². The normalized spacial score (nSPS) is 11.0. The molecule has 6 nitrogen and oxygen atoms in total. The van der Waals surface area contributed by atoms with Gasteiger partial charge in [-0.05, 0) is 30.3 Å². The predicted molar refractivity (Wildman–Crippen MR) is 105 cm³/mol. The molecule has 0 heterocycles. The Balaban J connectivity index is 1.76. The lowest BCUT2D eigenvalue weighted by Crippen LogP contribution is -2.31. The summed E-state index contributed by atoms with van der Waals surface area (Å²) in [6, 6.07) is 9.49. The average Bonchev–Trinajstić information content (AvgIpc) is 2.74. The Labute approximate surface area is 175 Å². The van der Waals surface area contributed by atoms with Gasteiger partial charge in [-0.3, -0.25) is 9.59 Å². The molecule has 162 valence electrons. The highest BCUT2D eigenvalue weighted by Gasteiger charge is 2.30. The second-order valence-corrected chi connectivity index (χ2v) is 7.05. The number of esters is 1. The summed E-state index contributed by atoms with van der Waals surface area (Å²) in [6.45, 7) is -0.366. The van der Waals surface area contributed by atoms with Crippen molar-refractivity contribution < 1.29 is 37.0 Å². The van der Waals surface area contributed by atoms with Crippen molar-refractivity contribution in [3.05, 3.63) is 53.6 Å². The lowest BCUT2D eigenvalue weighted by molar-refractivity contribution is -0.141. The van der Waals surface area contributed by atoms with Gasteiger partial charge in [0.1, 0.15) is 24.7 Å². The molecule has 0 aliphatic rings. The SMILES string of the molecule is COc1cc(OC)cc(C(=O)NCC(=O)OCCSc2cccc(C(F)(F)F)c2)c1. The van der Waals surface area contributed by atoms with Gasteiger partial charge < -0.3 is 19.5 Å². The first kappa shape index (κ1) is 23.4. The van der Waals surface area contributed by atoms with Crippen molar-refractivity contribution in [3.63, 3.8) is 0 Å². The van der Waals surface area contributed by atoms with E-state index in [0.29, 0.717) is 16.4 Å². The van der Waals surface area contributed by atoms with E-state index in [2.05, 4.69) is 5.32 Å². The number of ether oxygens (including phenoxy) is 3. The van der Waals surface area contributed by atoms with Gasteiger partial charge in [-0.25, -0.2) is 0 Å². The highest BCUT2D eigenvalue weighted by atomic mass is 32.2.